The van der Waals surface area contributed by atoms with Gasteiger partial charge in [0.1, 0.15) is 5.82 Å². The molecule has 1 aromatic heterocycles. The van der Waals surface area contributed by atoms with Crippen LogP contribution in [0.2, 0.25) is 0 Å². The standard InChI is InChI=1S/C14H19N3O/c15-8-13(18)10-5-6-11-12(7-10)17-14(16-11)9-3-1-2-4-9/h5-7,9,13,18H,1-4,8,15H2,(H,16,17). The van der Waals surface area contributed by atoms with E-state index in [-0.39, 0.29) is 6.54 Å². The number of aromatic nitrogens is 2. The van der Waals surface area contributed by atoms with E-state index >= 15 is 0 Å². The lowest BCUT2D eigenvalue weighted by Crippen LogP contribution is -2.11. The predicted octanol–water partition coefficient (Wildman–Crippen LogP) is 2.21. The van der Waals surface area contributed by atoms with Crippen LogP contribution in [-0.2, 0) is 0 Å². The van der Waals surface area contributed by atoms with Crippen molar-refractivity contribution in [2.75, 3.05) is 6.54 Å². The Morgan fingerprint density at radius 3 is 2.89 bits per heavy atom. The van der Waals surface area contributed by atoms with Crippen molar-refractivity contribution in [2.45, 2.75) is 37.7 Å². The third kappa shape index (κ3) is 2.02. The van der Waals surface area contributed by atoms with Gasteiger partial charge in [0.2, 0.25) is 0 Å². The van der Waals surface area contributed by atoms with Crippen LogP contribution in [0.4, 0.5) is 0 Å². The van der Waals surface area contributed by atoms with Gasteiger partial charge in [-0.05, 0) is 30.5 Å². The van der Waals surface area contributed by atoms with Crippen LogP contribution < -0.4 is 5.73 Å². The molecule has 1 heterocycles. The summed E-state index contributed by atoms with van der Waals surface area (Å²) in [7, 11) is 0. The van der Waals surface area contributed by atoms with E-state index in [1.54, 1.807) is 0 Å². The van der Waals surface area contributed by atoms with E-state index in [2.05, 4.69) is 9.97 Å². The summed E-state index contributed by atoms with van der Waals surface area (Å²) in [5, 5.41) is 9.75. The van der Waals surface area contributed by atoms with Crippen molar-refractivity contribution in [3.05, 3.63) is 29.6 Å². The van der Waals surface area contributed by atoms with E-state index in [0.29, 0.717) is 5.92 Å². The van der Waals surface area contributed by atoms with Crippen molar-refractivity contribution in [3.63, 3.8) is 0 Å². The summed E-state index contributed by atoms with van der Waals surface area (Å²) >= 11 is 0. The Bertz CT molecular complexity index is 543. The molecule has 96 valence electrons. The number of aliphatic hydroxyl groups is 1. The van der Waals surface area contributed by atoms with Crippen molar-refractivity contribution < 1.29 is 5.11 Å². The number of hydrogen-bond acceptors (Lipinski definition) is 3. The second-order valence-corrected chi connectivity index (χ2v) is 5.13. The Balaban J connectivity index is 1.96. The van der Waals surface area contributed by atoms with E-state index in [0.717, 1.165) is 22.4 Å². The maximum atomic E-state index is 9.75. The molecule has 3 rings (SSSR count). The zero-order valence-electron chi connectivity index (χ0n) is 10.4. The Morgan fingerprint density at radius 2 is 2.17 bits per heavy atom. The Morgan fingerprint density at radius 1 is 1.39 bits per heavy atom. The van der Waals surface area contributed by atoms with E-state index < -0.39 is 6.10 Å². The number of H-pyrrole nitrogens is 1. The first-order valence-corrected chi connectivity index (χ1v) is 6.65. The summed E-state index contributed by atoms with van der Waals surface area (Å²) in [5.41, 5.74) is 8.31. The van der Waals surface area contributed by atoms with Crippen LogP contribution in [0.5, 0.6) is 0 Å². The molecule has 1 saturated carbocycles. The lowest BCUT2D eigenvalue weighted by atomic mass is 10.1. The molecule has 0 amide bonds. The fourth-order valence-corrected chi connectivity index (χ4v) is 2.78. The summed E-state index contributed by atoms with van der Waals surface area (Å²) < 4.78 is 0. The molecule has 1 aliphatic rings. The SMILES string of the molecule is NCC(O)c1ccc2nc(C3CCCC3)[nH]c2c1. The van der Waals surface area contributed by atoms with Crippen molar-refractivity contribution in [3.8, 4) is 0 Å². The summed E-state index contributed by atoms with van der Waals surface area (Å²) in [5.74, 6) is 1.68. The van der Waals surface area contributed by atoms with Gasteiger partial charge in [-0.3, -0.25) is 0 Å². The van der Waals surface area contributed by atoms with Gasteiger partial charge >= 0.3 is 0 Å². The van der Waals surface area contributed by atoms with Crippen molar-refractivity contribution in [2.24, 2.45) is 5.73 Å². The number of nitrogens with two attached hydrogens (primary N) is 1. The monoisotopic (exact) mass is 245 g/mol. The molecule has 0 spiro atoms. The molecule has 1 unspecified atom stereocenters. The lowest BCUT2D eigenvalue weighted by Gasteiger charge is -2.06. The molecular formula is C14H19N3O. The van der Waals surface area contributed by atoms with Gasteiger partial charge in [0, 0.05) is 12.5 Å². The molecule has 1 atom stereocenters. The molecule has 0 bridgehead atoms. The number of benzene rings is 1. The molecule has 2 aromatic rings. The highest BCUT2D eigenvalue weighted by atomic mass is 16.3. The van der Waals surface area contributed by atoms with Gasteiger partial charge in [-0.2, -0.15) is 0 Å². The zero-order valence-corrected chi connectivity index (χ0v) is 10.4. The average Bonchev–Trinajstić information content (AvgIpc) is 3.04. The second kappa shape index (κ2) is 4.71. The fraction of sp³-hybridized carbons (Fsp3) is 0.500. The summed E-state index contributed by atoms with van der Waals surface area (Å²) in [6, 6.07) is 5.82. The second-order valence-electron chi connectivity index (χ2n) is 5.13. The minimum atomic E-state index is -0.590. The third-order valence-electron chi connectivity index (χ3n) is 3.87. The number of fused-ring (bicyclic) bond motifs is 1. The molecular weight excluding hydrogens is 226 g/mol. The topological polar surface area (TPSA) is 74.9 Å². The maximum absolute atomic E-state index is 9.75. The van der Waals surface area contributed by atoms with Crippen LogP contribution in [-0.4, -0.2) is 21.6 Å². The van der Waals surface area contributed by atoms with Crippen LogP contribution in [0.15, 0.2) is 18.2 Å². The molecule has 1 aromatic carbocycles. The Kier molecular flexibility index (Phi) is 3.06. The maximum Gasteiger partial charge on any atom is 0.110 e. The van der Waals surface area contributed by atoms with Crippen LogP contribution in [0.1, 0.15) is 49.1 Å². The minimum absolute atomic E-state index is 0.245. The molecule has 18 heavy (non-hydrogen) atoms. The number of imidazole rings is 1. The summed E-state index contributed by atoms with van der Waals surface area (Å²) in [6.45, 7) is 0.245. The van der Waals surface area contributed by atoms with Gasteiger partial charge in [0.15, 0.2) is 0 Å². The molecule has 1 fully saturated rings. The predicted molar refractivity (Wildman–Crippen MR) is 71.3 cm³/mol. The van der Waals surface area contributed by atoms with Crippen LogP contribution in [0.25, 0.3) is 11.0 Å². The quantitative estimate of drug-likeness (QED) is 0.776. The molecule has 0 saturated heterocycles. The number of rotatable bonds is 3. The van der Waals surface area contributed by atoms with Crippen molar-refractivity contribution >= 4 is 11.0 Å². The fourth-order valence-electron chi connectivity index (χ4n) is 2.78. The molecule has 4 nitrogen and oxygen atoms in total. The number of hydrogen-bond donors (Lipinski definition) is 3. The van der Waals surface area contributed by atoms with Gasteiger partial charge in [-0.1, -0.05) is 18.9 Å². The van der Waals surface area contributed by atoms with Crippen LogP contribution >= 0.6 is 0 Å². The smallest absolute Gasteiger partial charge is 0.110 e. The van der Waals surface area contributed by atoms with Gasteiger partial charge in [-0.15, -0.1) is 0 Å². The van der Waals surface area contributed by atoms with Gasteiger partial charge in [-0.25, -0.2) is 4.98 Å². The van der Waals surface area contributed by atoms with Crippen LogP contribution in [0.3, 0.4) is 0 Å². The zero-order chi connectivity index (χ0) is 12.5. The number of aromatic amines is 1. The highest BCUT2D eigenvalue weighted by molar-refractivity contribution is 5.76. The number of nitrogens with one attached hydrogen (secondary N) is 1. The lowest BCUT2D eigenvalue weighted by molar-refractivity contribution is 0.187. The van der Waals surface area contributed by atoms with Gasteiger partial charge < -0.3 is 15.8 Å². The van der Waals surface area contributed by atoms with E-state index in [4.69, 9.17) is 5.73 Å². The molecule has 4 heteroatoms. The van der Waals surface area contributed by atoms with E-state index in [1.165, 1.54) is 25.7 Å². The number of nitrogens with zero attached hydrogens (tertiary/aromatic N) is 1. The normalized spacial score (nSPS) is 18.6. The molecule has 1 aliphatic carbocycles. The number of aliphatic hydroxyl groups excluding tert-OH is 1. The van der Waals surface area contributed by atoms with E-state index in [1.807, 2.05) is 18.2 Å². The molecule has 0 aliphatic heterocycles. The largest absolute Gasteiger partial charge is 0.387 e. The molecule has 0 radical (unpaired) electrons. The van der Waals surface area contributed by atoms with Gasteiger partial charge in [0.05, 0.1) is 17.1 Å². The summed E-state index contributed by atoms with van der Waals surface area (Å²) in [6.07, 6.45) is 4.49. The van der Waals surface area contributed by atoms with Crippen molar-refractivity contribution in [1.82, 2.24) is 9.97 Å². The van der Waals surface area contributed by atoms with Gasteiger partial charge in [0.25, 0.3) is 0 Å². The Labute approximate surface area is 106 Å². The first-order chi connectivity index (χ1) is 8.78. The Hall–Kier alpha value is -1.39. The molecule has 4 N–H and O–H groups in total. The highest BCUT2D eigenvalue weighted by Crippen LogP contribution is 2.33. The van der Waals surface area contributed by atoms with Crippen molar-refractivity contribution in [1.29, 1.82) is 0 Å². The van der Waals surface area contributed by atoms with Crippen LogP contribution in [0, 0.1) is 0 Å². The first-order valence-electron chi connectivity index (χ1n) is 6.65. The third-order valence-corrected chi connectivity index (χ3v) is 3.87. The highest BCUT2D eigenvalue weighted by Gasteiger charge is 2.20. The first kappa shape index (κ1) is 11.7. The average molecular weight is 245 g/mol. The minimum Gasteiger partial charge on any atom is -0.387 e. The van der Waals surface area contributed by atoms with E-state index in [9.17, 15) is 5.11 Å². The summed E-state index contributed by atoms with van der Waals surface area (Å²) in [4.78, 5) is 8.05.